The summed E-state index contributed by atoms with van der Waals surface area (Å²) in [6.07, 6.45) is 9.06. The van der Waals surface area contributed by atoms with Crippen LogP contribution in [0.2, 0.25) is 0 Å². The number of hydrogen-bond acceptors (Lipinski definition) is 7. The maximum atomic E-state index is 13.2. The number of amides is 1. The number of sulfonamides is 1. The lowest BCUT2D eigenvalue weighted by Crippen LogP contribution is -2.52. The first kappa shape index (κ1) is 20.5. The number of carbonyl (C=O) groups is 1. The molecule has 28 heavy (non-hydrogen) atoms. The molecule has 2 aliphatic heterocycles. The van der Waals surface area contributed by atoms with Gasteiger partial charge in [0.15, 0.2) is 11.4 Å². The van der Waals surface area contributed by atoms with Gasteiger partial charge in [-0.25, -0.2) is 8.42 Å². The minimum absolute atomic E-state index is 0.0519. The summed E-state index contributed by atoms with van der Waals surface area (Å²) in [6, 6.07) is -0.748. The number of terminal acetylenes is 1. The maximum absolute atomic E-state index is 13.2. The van der Waals surface area contributed by atoms with Gasteiger partial charge in [-0.15, -0.1) is 12.3 Å². The van der Waals surface area contributed by atoms with Crippen LogP contribution in [0.3, 0.4) is 0 Å². The van der Waals surface area contributed by atoms with E-state index in [1.165, 1.54) is 4.31 Å². The summed E-state index contributed by atoms with van der Waals surface area (Å²) in [5.74, 6) is 2.49. The third-order valence-corrected chi connectivity index (χ3v) is 7.32. The highest BCUT2D eigenvalue weighted by atomic mass is 32.2. The average Bonchev–Trinajstić information content (AvgIpc) is 3.36. The normalized spacial score (nSPS) is 21.2. The number of nitrogens with zero attached hydrogens (tertiary/aromatic N) is 4. The van der Waals surface area contributed by atoms with Crippen LogP contribution in [0.15, 0.2) is 19.6 Å². The summed E-state index contributed by atoms with van der Waals surface area (Å²) < 4.78 is 32.6. The highest BCUT2D eigenvalue weighted by Gasteiger charge is 2.41. The van der Waals surface area contributed by atoms with Gasteiger partial charge in [0.05, 0.1) is 0 Å². The Morgan fingerprint density at radius 2 is 2.11 bits per heavy atom. The molecule has 3 rings (SSSR count). The first-order valence-corrected chi connectivity index (χ1v) is 10.8. The van der Waals surface area contributed by atoms with Crippen molar-refractivity contribution in [1.82, 2.24) is 14.8 Å². The molecular formula is C18H25N5O4S. The molecule has 0 radical (unpaired) electrons. The van der Waals surface area contributed by atoms with Gasteiger partial charge < -0.3 is 9.84 Å². The molecule has 1 atom stereocenters. The molecule has 0 aromatic carbocycles. The van der Waals surface area contributed by atoms with Gasteiger partial charge in [-0.2, -0.15) is 14.5 Å². The molecular weight excluding hydrogens is 382 g/mol. The van der Waals surface area contributed by atoms with Gasteiger partial charge in [-0.3, -0.25) is 4.79 Å². The Bertz CT molecular complexity index is 889. The molecule has 2 aliphatic rings. The fourth-order valence-electron chi connectivity index (χ4n) is 3.59. The summed E-state index contributed by atoms with van der Waals surface area (Å²) >= 11 is 0. The SMILES string of the molecule is C#CCCC1(CCNC(=O)C2CCCCN2S(=O)(=O)c2c(C)noc2C)N=N1. The van der Waals surface area contributed by atoms with Gasteiger partial charge >= 0.3 is 0 Å². The molecule has 0 aliphatic carbocycles. The van der Waals surface area contributed by atoms with Crippen LogP contribution in [0.25, 0.3) is 0 Å². The summed E-state index contributed by atoms with van der Waals surface area (Å²) in [7, 11) is -3.87. The van der Waals surface area contributed by atoms with Crippen molar-refractivity contribution in [2.24, 2.45) is 10.2 Å². The van der Waals surface area contributed by atoms with Gasteiger partial charge in [0, 0.05) is 32.4 Å². The van der Waals surface area contributed by atoms with Crippen molar-refractivity contribution in [1.29, 1.82) is 0 Å². The van der Waals surface area contributed by atoms with Gasteiger partial charge in [0.2, 0.25) is 15.9 Å². The van der Waals surface area contributed by atoms with E-state index in [1.807, 2.05) is 0 Å². The molecule has 1 amide bonds. The Balaban J connectivity index is 1.66. The lowest BCUT2D eigenvalue weighted by molar-refractivity contribution is -0.125. The monoisotopic (exact) mass is 407 g/mol. The smallest absolute Gasteiger partial charge is 0.249 e. The van der Waals surface area contributed by atoms with Crippen molar-refractivity contribution in [3.63, 3.8) is 0 Å². The molecule has 1 aromatic heterocycles. The van der Waals surface area contributed by atoms with Crippen LogP contribution in [0.1, 0.15) is 50.0 Å². The standard InChI is InChI=1S/C18H25N5O4S/c1-4-5-9-18(21-22-18)10-11-19-17(24)15-8-6-7-12-23(15)28(25,26)16-13(2)20-27-14(16)3/h1,15H,5-12H2,2-3H3,(H,19,24). The fourth-order valence-corrected chi connectivity index (χ4v) is 5.54. The van der Waals surface area contributed by atoms with Gasteiger partial charge in [0.1, 0.15) is 16.6 Å². The van der Waals surface area contributed by atoms with Crippen LogP contribution in [0.5, 0.6) is 0 Å². The number of nitrogens with one attached hydrogen (secondary N) is 1. The third-order valence-electron chi connectivity index (χ3n) is 5.17. The van der Waals surface area contributed by atoms with Gasteiger partial charge in [-0.1, -0.05) is 11.6 Å². The number of rotatable bonds is 8. The molecule has 0 saturated carbocycles. The Morgan fingerprint density at radius 1 is 1.36 bits per heavy atom. The second-order valence-corrected chi connectivity index (χ2v) is 9.04. The average molecular weight is 407 g/mol. The van der Waals surface area contributed by atoms with Crippen LogP contribution in [0.4, 0.5) is 0 Å². The topological polar surface area (TPSA) is 117 Å². The van der Waals surface area contributed by atoms with Crippen molar-refractivity contribution in [3.05, 3.63) is 11.5 Å². The number of piperidine rings is 1. The number of carbonyl (C=O) groups excluding carboxylic acids is 1. The van der Waals surface area contributed by atoms with Crippen molar-refractivity contribution in [3.8, 4) is 12.3 Å². The zero-order valence-corrected chi connectivity index (χ0v) is 17.0. The molecule has 1 N–H and O–H groups in total. The van der Waals surface area contributed by atoms with Crippen molar-refractivity contribution < 1.29 is 17.7 Å². The summed E-state index contributed by atoms with van der Waals surface area (Å²) in [4.78, 5) is 12.8. The molecule has 1 fully saturated rings. The molecule has 0 spiro atoms. The van der Waals surface area contributed by atoms with Crippen molar-refractivity contribution in [2.75, 3.05) is 13.1 Å². The van der Waals surface area contributed by atoms with E-state index in [0.29, 0.717) is 50.9 Å². The molecule has 1 aromatic rings. The second kappa shape index (κ2) is 8.01. The highest BCUT2D eigenvalue weighted by molar-refractivity contribution is 7.89. The Hall–Kier alpha value is -2.25. The number of hydrogen-bond donors (Lipinski definition) is 1. The maximum Gasteiger partial charge on any atom is 0.249 e. The van der Waals surface area contributed by atoms with Gasteiger partial charge in [0.25, 0.3) is 0 Å². The Morgan fingerprint density at radius 3 is 2.71 bits per heavy atom. The van der Waals surface area contributed by atoms with Crippen molar-refractivity contribution >= 4 is 15.9 Å². The first-order valence-electron chi connectivity index (χ1n) is 9.41. The van der Waals surface area contributed by atoms with E-state index < -0.39 is 21.7 Å². The van der Waals surface area contributed by atoms with Crippen molar-refractivity contribution in [2.45, 2.75) is 69.0 Å². The Labute approximate surface area is 165 Å². The van der Waals surface area contributed by atoms with E-state index in [0.717, 1.165) is 6.42 Å². The molecule has 1 unspecified atom stereocenters. The zero-order chi connectivity index (χ0) is 20.4. The van der Waals surface area contributed by atoms with Crippen LogP contribution in [-0.2, 0) is 14.8 Å². The zero-order valence-electron chi connectivity index (χ0n) is 16.1. The summed E-state index contributed by atoms with van der Waals surface area (Å²) in [5, 5.41) is 14.7. The summed E-state index contributed by atoms with van der Waals surface area (Å²) in [5.41, 5.74) is -0.177. The van der Waals surface area contributed by atoms with E-state index >= 15 is 0 Å². The minimum atomic E-state index is -3.87. The molecule has 0 bridgehead atoms. The molecule has 152 valence electrons. The van der Waals surface area contributed by atoms with E-state index in [2.05, 4.69) is 26.6 Å². The first-order chi connectivity index (χ1) is 13.3. The lowest BCUT2D eigenvalue weighted by atomic mass is 10.0. The molecule has 9 nitrogen and oxygen atoms in total. The number of aromatic nitrogens is 1. The molecule has 3 heterocycles. The predicted molar refractivity (Wildman–Crippen MR) is 101 cm³/mol. The largest absolute Gasteiger partial charge is 0.360 e. The quantitative estimate of drug-likeness (QED) is 0.661. The third kappa shape index (κ3) is 4.10. The van der Waals surface area contributed by atoms with Gasteiger partial charge in [-0.05, 0) is 26.7 Å². The minimum Gasteiger partial charge on any atom is -0.360 e. The van der Waals surface area contributed by atoms with Crippen LogP contribution >= 0.6 is 0 Å². The highest BCUT2D eigenvalue weighted by Crippen LogP contribution is 2.36. The van der Waals surface area contributed by atoms with E-state index in [-0.39, 0.29) is 16.6 Å². The van der Waals surface area contributed by atoms with Crippen LogP contribution < -0.4 is 5.32 Å². The van der Waals surface area contributed by atoms with E-state index in [4.69, 9.17) is 10.9 Å². The molecule has 10 heteroatoms. The fraction of sp³-hybridized carbons (Fsp3) is 0.667. The van der Waals surface area contributed by atoms with E-state index in [1.54, 1.807) is 13.8 Å². The summed E-state index contributed by atoms with van der Waals surface area (Å²) in [6.45, 7) is 3.80. The lowest BCUT2D eigenvalue weighted by Gasteiger charge is -2.33. The van der Waals surface area contributed by atoms with Crippen LogP contribution in [0, 0.1) is 26.2 Å². The van der Waals surface area contributed by atoms with E-state index in [9.17, 15) is 13.2 Å². The molecule has 1 saturated heterocycles. The predicted octanol–water partition coefficient (Wildman–Crippen LogP) is 1.92. The Kier molecular flexibility index (Phi) is 5.86. The number of aryl methyl sites for hydroxylation is 2. The van der Waals surface area contributed by atoms with Crippen LogP contribution in [-0.4, -0.2) is 48.6 Å². The second-order valence-electron chi connectivity index (χ2n) is 7.21.